The highest BCUT2D eigenvalue weighted by atomic mass is 35.5. The molecule has 1 atom stereocenters. The van der Waals surface area contributed by atoms with Crippen LogP contribution < -0.4 is 0 Å². The summed E-state index contributed by atoms with van der Waals surface area (Å²) in [7, 11) is 0. The van der Waals surface area contributed by atoms with Gasteiger partial charge in [0, 0.05) is 5.88 Å². The topological polar surface area (TPSA) is 23.8 Å². The molecule has 0 aliphatic heterocycles. The van der Waals surface area contributed by atoms with Gasteiger partial charge >= 0.3 is 0 Å². The molecule has 0 aliphatic rings. The first-order chi connectivity index (χ1) is 5.74. The molecule has 68 valence electrons. The number of rotatable bonds is 6. The van der Waals surface area contributed by atoms with Gasteiger partial charge in [0.15, 0.2) is 0 Å². The molecule has 0 amide bonds. The van der Waals surface area contributed by atoms with Gasteiger partial charge in [0.05, 0.1) is 11.5 Å². The summed E-state index contributed by atoms with van der Waals surface area (Å²) in [5, 5.41) is 8.99. The Labute approximate surface area is 80.0 Å². The first kappa shape index (κ1) is 11.5. The predicted octanol–water partition coefficient (Wildman–Crippen LogP) is 3.50. The van der Waals surface area contributed by atoms with E-state index in [0.29, 0.717) is 5.88 Å². The average Bonchev–Trinajstić information content (AvgIpc) is 2.13. The molecule has 0 rings (SSSR count). The number of nitriles is 1. The van der Waals surface area contributed by atoms with Crippen molar-refractivity contribution in [1.29, 1.82) is 5.26 Å². The smallest absolute Gasteiger partial charge is 0.0690 e. The molecule has 0 radical (unpaired) electrons. The summed E-state index contributed by atoms with van der Waals surface area (Å²) in [4.78, 5) is 0. The van der Waals surface area contributed by atoms with Crippen molar-refractivity contribution in [3.8, 4) is 6.07 Å². The maximum absolute atomic E-state index is 8.99. The van der Waals surface area contributed by atoms with Gasteiger partial charge in [-0.3, -0.25) is 0 Å². The standard InChI is InChI=1S/C10H16ClN/c1-3-5-6-10(4-2,9-12)7-8-11/h3H,1,4-8H2,2H3. The Kier molecular flexibility index (Phi) is 5.84. The SMILES string of the molecule is C=CCCC(C#N)(CC)CCCl. The van der Waals surface area contributed by atoms with E-state index < -0.39 is 0 Å². The second kappa shape index (κ2) is 6.08. The van der Waals surface area contributed by atoms with E-state index >= 15 is 0 Å². The molecule has 0 bridgehead atoms. The monoisotopic (exact) mass is 185 g/mol. The molecule has 2 heteroatoms. The van der Waals surface area contributed by atoms with E-state index in [0.717, 1.165) is 25.7 Å². The number of nitrogens with zero attached hydrogens (tertiary/aromatic N) is 1. The van der Waals surface area contributed by atoms with Gasteiger partial charge in [-0.1, -0.05) is 13.0 Å². The molecule has 0 aromatic heterocycles. The normalized spacial score (nSPS) is 14.8. The van der Waals surface area contributed by atoms with Crippen molar-refractivity contribution in [3.05, 3.63) is 12.7 Å². The Balaban J connectivity index is 4.16. The van der Waals surface area contributed by atoms with Crippen molar-refractivity contribution >= 4 is 11.6 Å². The Morgan fingerprint density at radius 3 is 2.58 bits per heavy atom. The van der Waals surface area contributed by atoms with Gasteiger partial charge in [0.1, 0.15) is 0 Å². The Hall–Kier alpha value is -0.480. The summed E-state index contributed by atoms with van der Waals surface area (Å²) in [6.45, 7) is 5.69. The van der Waals surface area contributed by atoms with E-state index in [1.54, 1.807) is 0 Å². The third kappa shape index (κ3) is 3.28. The fourth-order valence-electron chi connectivity index (χ4n) is 1.23. The minimum Gasteiger partial charge on any atom is -0.198 e. The highest BCUT2D eigenvalue weighted by molar-refractivity contribution is 6.17. The molecule has 0 saturated carbocycles. The Bertz CT molecular complexity index is 171. The highest BCUT2D eigenvalue weighted by Crippen LogP contribution is 2.31. The van der Waals surface area contributed by atoms with Crippen LogP contribution in [0.15, 0.2) is 12.7 Å². The molecule has 1 unspecified atom stereocenters. The molecule has 0 aromatic carbocycles. The lowest BCUT2D eigenvalue weighted by Crippen LogP contribution is -2.17. The summed E-state index contributed by atoms with van der Waals surface area (Å²) in [5.74, 6) is 0.568. The molecular weight excluding hydrogens is 170 g/mol. The van der Waals surface area contributed by atoms with E-state index in [-0.39, 0.29) is 5.41 Å². The summed E-state index contributed by atoms with van der Waals surface area (Å²) in [6.07, 6.45) is 5.31. The lowest BCUT2D eigenvalue weighted by molar-refractivity contribution is 0.342. The summed E-state index contributed by atoms with van der Waals surface area (Å²) in [6, 6.07) is 2.37. The highest BCUT2D eigenvalue weighted by Gasteiger charge is 2.25. The van der Waals surface area contributed by atoms with Crippen molar-refractivity contribution in [2.75, 3.05) is 5.88 Å². The largest absolute Gasteiger partial charge is 0.198 e. The Morgan fingerprint density at radius 1 is 1.58 bits per heavy atom. The lowest BCUT2D eigenvalue weighted by atomic mass is 9.80. The van der Waals surface area contributed by atoms with Crippen LogP contribution in [0.5, 0.6) is 0 Å². The van der Waals surface area contributed by atoms with Gasteiger partial charge in [-0.05, 0) is 25.7 Å². The third-order valence-corrected chi connectivity index (χ3v) is 2.50. The zero-order valence-electron chi connectivity index (χ0n) is 7.65. The predicted molar refractivity (Wildman–Crippen MR) is 53.1 cm³/mol. The van der Waals surface area contributed by atoms with E-state index in [2.05, 4.69) is 12.6 Å². The van der Waals surface area contributed by atoms with Crippen LogP contribution in [0, 0.1) is 16.7 Å². The first-order valence-electron chi connectivity index (χ1n) is 4.33. The van der Waals surface area contributed by atoms with Crippen LogP contribution in [0.1, 0.15) is 32.6 Å². The number of allylic oxidation sites excluding steroid dienone is 1. The summed E-state index contributed by atoms with van der Waals surface area (Å²) >= 11 is 5.65. The fourth-order valence-corrected chi connectivity index (χ4v) is 1.59. The average molecular weight is 186 g/mol. The molecule has 0 N–H and O–H groups in total. The molecule has 12 heavy (non-hydrogen) atoms. The maximum atomic E-state index is 8.99. The number of halogens is 1. The van der Waals surface area contributed by atoms with Crippen LogP contribution in [0.25, 0.3) is 0 Å². The van der Waals surface area contributed by atoms with Crippen LogP contribution in [-0.2, 0) is 0 Å². The van der Waals surface area contributed by atoms with Crippen LogP contribution in [0.2, 0.25) is 0 Å². The maximum Gasteiger partial charge on any atom is 0.0690 e. The van der Waals surface area contributed by atoms with Gasteiger partial charge in [-0.25, -0.2) is 0 Å². The zero-order valence-corrected chi connectivity index (χ0v) is 8.40. The van der Waals surface area contributed by atoms with Crippen LogP contribution in [0.3, 0.4) is 0 Å². The molecule has 1 nitrogen and oxygen atoms in total. The zero-order chi connectivity index (χ0) is 9.45. The van der Waals surface area contributed by atoms with E-state index in [1.165, 1.54) is 0 Å². The van der Waals surface area contributed by atoms with Crippen LogP contribution >= 0.6 is 11.6 Å². The number of hydrogen-bond acceptors (Lipinski definition) is 1. The molecule has 0 spiro atoms. The second-order valence-corrected chi connectivity index (χ2v) is 3.39. The van der Waals surface area contributed by atoms with Gasteiger partial charge < -0.3 is 0 Å². The molecule has 0 saturated heterocycles. The fraction of sp³-hybridized carbons (Fsp3) is 0.700. The van der Waals surface area contributed by atoms with Crippen molar-refractivity contribution in [1.82, 2.24) is 0 Å². The molecule has 0 heterocycles. The van der Waals surface area contributed by atoms with E-state index in [4.69, 9.17) is 16.9 Å². The first-order valence-corrected chi connectivity index (χ1v) is 4.86. The van der Waals surface area contributed by atoms with E-state index in [9.17, 15) is 0 Å². The van der Waals surface area contributed by atoms with Crippen molar-refractivity contribution < 1.29 is 0 Å². The van der Waals surface area contributed by atoms with Gasteiger partial charge in [0.25, 0.3) is 0 Å². The van der Waals surface area contributed by atoms with Gasteiger partial charge in [-0.15, -0.1) is 18.2 Å². The van der Waals surface area contributed by atoms with Gasteiger partial charge in [-0.2, -0.15) is 5.26 Å². The van der Waals surface area contributed by atoms with E-state index in [1.807, 2.05) is 13.0 Å². The van der Waals surface area contributed by atoms with Gasteiger partial charge in [0.2, 0.25) is 0 Å². The molecule has 0 aromatic rings. The number of alkyl halides is 1. The second-order valence-electron chi connectivity index (χ2n) is 3.01. The minimum absolute atomic E-state index is 0.212. The van der Waals surface area contributed by atoms with Crippen molar-refractivity contribution in [3.63, 3.8) is 0 Å². The quantitative estimate of drug-likeness (QED) is 0.459. The molecular formula is C10H16ClN. The summed E-state index contributed by atoms with van der Waals surface area (Å²) in [5.41, 5.74) is -0.212. The van der Waals surface area contributed by atoms with Crippen molar-refractivity contribution in [2.24, 2.45) is 5.41 Å². The van der Waals surface area contributed by atoms with Crippen LogP contribution in [0.4, 0.5) is 0 Å². The molecule has 0 aliphatic carbocycles. The minimum atomic E-state index is -0.212. The third-order valence-electron chi connectivity index (χ3n) is 2.31. The van der Waals surface area contributed by atoms with Crippen LogP contribution in [-0.4, -0.2) is 5.88 Å². The number of hydrogen-bond donors (Lipinski definition) is 0. The van der Waals surface area contributed by atoms with Crippen molar-refractivity contribution in [2.45, 2.75) is 32.6 Å². The lowest BCUT2D eigenvalue weighted by Gasteiger charge is -2.22. The summed E-state index contributed by atoms with van der Waals surface area (Å²) < 4.78 is 0. The Morgan fingerprint density at radius 2 is 2.25 bits per heavy atom. The molecule has 0 fully saturated rings.